The highest BCUT2D eigenvalue weighted by Crippen LogP contribution is 2.52. The van der Waals surface area contributed by atoms with Gasteiger partial charge in [0.2, 0.25) is 0 Å². The summed E-state index contributed by atoms with van der Waals surface area (Å²) >= 11 is 0. The molecule has 112 valence electrons. The highest BCUT2D eigenvalue weighted by molar-refractivity contribution is 5.53. The van der Waals surface area contributed by atoms with E-state index in [0.29, 0.717) is 11.8 Å². The van der Waals surface area contributed by atoms with Gasteiger partial charge in [0, 0.05) is 11.6 Å². The van der Waals surface area contributed by atoms with E-state index in [2.05, 4.69) is 18.3 Å². The average molecular weight is 279 g/mol. The third kappa shape index (κ3) is 3.18. The summed E-state index contributed by atoms with van der Waals surface area (Å²) in [5.74, 6) is 3.65. The monoisotopic (exact) mass is 279 g/mol. The summed E-state index contributed by atoms with van der Waals surface area (Å²) in [6, 6.07) is 3.98. The fraction of sp³-hybridized carbons (Fsp3) is 0.625. The van der Waals surface area contributed by atoms with E-state index in [0.717, 1.165) is 30.3 Å². The van der Waals surface area contributed by atoms with Gasteiger partial charge in [-0.05, 0) is 43.8 Å². The molecule has 0 heterocycles. The molecule has 1 N–H and O–H groups in total. The van der Waals surface area contributed by atoms with Crippen molar-refractivity contribution in [2.75, 3.05) is 34.4 Å². The van der Waals surface area contributed by atoms with E-state index < -0.39 is 0 Å². The minimum Gasteiger partial charge on any atom is -0.496 e. The molecule has 4 nitrogen and oxygen atoms in total. The molecule has 1 aromatic carbocycles. The molecule has 20 heavy (non-hydrogen) atoms. The summed E-state index contributed by atoms with van der Waals surface area (Å²) < 4.78 is 16.2. The quantitative estimate of drug-likeness (QED) is 0.743. The van der Waals surface area contributed by atoms with Crippen LogP contribution in [0.2, 0.25) is 0 Å². The highest BCUT2D eigenvalue weighted by atomic mass is 16.5. The van der Waals surface area contributed by atoms with Crippen LogP contribution in [0.15, 0.2) is 12.1 Å². The second-order valence-corrected chi connectivity index (χ2v) is 5.26. The van der Waals surface area contributed by atoms with Crippen LogP contribution in [0.4, 0.5) is 0 Å². The number of hydrogen-bond acceptors (Lipinski definition) is 4. The Labute approximate surface area is 121 Å². The summed E-state index contributed by atoms with van der Waals surface area (Å²) in [6.07, 6.45) is 2.39. The zero-order valence-electron chi connectivity index (χ0n) is 12.9. The molecule has 1 aliphatic carbocycles. The van der Waals surface area contributed by atoms with Gasteiger partial charge in [-0.15, -0.1) is 0 Å². The standard InChI is InChI=1S/C16H25NO3/c1-5-6-17-10-11-7-12(11)13-8-15(19-3)16(20-4)9-14(13)18-2/h8-9,11-12,17H,5-7,10H2,1-4H3. The predicted molar refractivity (Wildman–Crippen MR) is 80.1 cm³/mol. The van der Waals surface area contributed by atoms with E-state index in [4.69, 9.17) is 14.2 Å². The van der Waals surface area contributed by atoms with Crippen molar-refractivity contribution >= 4 is 0 Å². The minimum absolute atomic E-state index is 0.564. The Kier molecular flexibility index (Phi) is 5.12. The second-order valence-electron chi connectivity index (χ2n) is 5.26. The van der Waals surface area contributed by atoms with Crippen LogP contribution >= 0.6 is 0 Å². The molecule has 4 heteroatoms. The van der Waals surface area contributed by atoms with Crippen LogP contribution in [-0.4, -0.2) is 34.4 Å². The molecule has 0 radical (unpaired) electrons. The zero-order chi connectivity index (χ0) is 14.5. The molecule has 0 amide bonds. The lowest BCUT2D eigenvalue weighted by Crippen LogP contribution is -2.17. The Morgan fingerprint density at radius 3 is 2.30 bits per heavy atom. The largest absolute Gasteiger partial charge is 0.496 e. The summed E-state index contributed by atoms with van der Waals surface area (Å²) in [7, 11) is 5.02. The second kappa shape index (κ2) is 6.84. The van der Waals surface area contributed by atoms with Crippen LogP contribution in [-0.2, 0) is 0 Å². The van der Waals surface area contributed by atoms with Crippen LogP contribution < -0.4 is 19.5 Å². The van der Waals surface area contributed by atoms with Crippen molar-refractivity contribution in [2.45, 2.75) is 25.7 Å². The number of ether oxygens (including phenoxy) is 3. The SMILES string of the molecule is CCCNCC1CC1c1cc(OC)c(OC)cc1OC. The Morgan fingerprint density at radius 2 is 1.70 bits per heavy atom. The molecule has 1 saturated carbocycles. The summed E-state index contributed by atoms with van der Waals surface area (Å²) in [5, 5.41) is 3.49. The average Bonchev–Trinajstić information content (AvgIpc) is 3.25. The van der Waals surface area contributed by atoms with Crippen molar-refractivity contribution in [2.24, 2.45) is 5.92 Å². The van der Waals surface area contributed by atoms with Gasteiger partial charge < -0.3 is 19.5 Å². The first-order valence-electron chi connectivity index (χ1n) is 7.25. The topological polar surface area (TPSA) is 39.7 Å². The smallest absolute Gasteiger partial charge is 0.164 e. The third-order valence-electron chi connectivity index (χ3n) is 3.89. The van der Waals surface area contributed by atoms with Crippen molar-refractivity contribution in [3.05, 3.63) is 17.7 Å². The first kappa shape index (κ1) is 15.0. The van der Waals surface area contributed by atoms with Gasteiger partial charge >= 0.3 is 0 Å². The Bertz CT molecular complexity index is 448. The van der Waals surface area contributed by atoms with Crippen molar-refractivity contribution in [3.8, 4) is 17.2 Å². The van der Waals surface area contributed by atoms with Gasteiger partial charge in [-0.25, -0.2) is 0 Å². The summed E-state index contributed by atoms with van der Waals surface area (Å²) in [6.45, 7) is 4.36. The lowest BCUT2D eigenvalue weighted by Gasteiger charge is -2.14. The van der Waals surface area contributed by atoms with Crippen molar-refractivity contribution in [1.29, 1.82) is 0 Å². The highest BCUT2D eigenvalue weighted by Gasteiger charge is 2.40. The van der Waals surface area contributed by atoms with Gasteiger partial charge in [0.25, 0.3) is 0 Å². The maximum atomic E-state index is 5.51. The first-order chi connectivity index (χ1) is 9.74. The molecule has 1 aromatic rings. The van der Waals surface area contributed by atoms with Crippen molar-refractivity contribution in [1.82, 2.24) is 5.32 Å². The molecule has 2 rings (SSSR count). The molecular formula is C16H25NO3. The maximum absolute atomic E-state index is 5.51. The zero-order valence-corrected chi connectivity index (χ0v) is 12.9. The fourth-order valence-electron chi connectivity index (χ4n) is 2.66. The van der Waals surface area contributed by atoms with E-state index in [9.17, 15) is 0 Å². The molecule has 2 unspecified atom stereocenters. The van der Waals surface area contributed by atoms with Crippen LogP contribution in [0, 0.1) is 5.92 Å². The number of benzene rings is 1. The van der Waals surface area contributed by atoms with Gasteiger partial charge in [0.05, 0.1) is 21.3 Å². The molecule has 0 aliphatic heterocycles. The van der Waals surface area contributed by atoms with E-state index in [1.807, 2.05) is 6.07 Å². The minimum atomic E-state index is 0.564. The Hall–Kier alpha value is -1.42. The van der Waals surface area contributed by atoms with Gasteiger partial charge in [-0.1, -0.05) is 6.92 Å². The van der Waals surface area contributed by atoms with Gasteiger partial charge in [-0.2, -0.15) is 0 Å². The van der Waals surface area contributed by atoms with E-state index >= 15 is 0 Å². The number of methoxy groups -OCH3 is 3. The number of hydrogen-bond donors (Lipinski definition) is 1. The molecule has 0 saturated heterocycles. The number of nitrogens with one attached hydrogen (secondary N) is 1. The van der Waals surface area contributed by atoms with Gasteiger partial charge in [0.15, 0.2) is 11.5 Å². The van der Waals surface area contributed by atoms with Gasteiger partial charge in [0.1, 0.15) is 5.75 Å². The fourth-order valence-corrected chi connectivity index (χ4v) is 2.66. The van der Waals surface area contributed by atoms with E-state index in [-0.39, 0.29) is 0 Å². The third-order valence-corrected chi connectivity index (χ3v) is 3.89. The lowest BCUT2D eigenvalue weighted by molar-refractivity contribution is 0.347. The maximum Gasteiger partial charge on any atom is 0.164 e. The van der Waals surface area contributed by atoms with E-state index in [1.54, 1.807) is 21.3 Å². The molecule has 2 atom stereocenters. The molecule has 0 aromatic heterocycles. The normalized spacial score (nSPS) is 20.6. The summed E-state index contributed by atoms with van der Waals surface area (Å²) in [5.41, 5.74) is 1.23. The van der Waals surface area contributed by atoms with Crippen LogP contribution in [0.5, 0.6) is 17.2 Å². The first-order valence-corrected chi connectivity index (χ1v) is 7.25. The van der Waals surface area contributed by atoms with Crippen molar-refractivity contribution < 1.29 is 14.2 Å². The predicted octanol–water partition coefficient (Wildman–Crippen LogP) is 2.82. The Morgan fingerprint density at radius 1 is 1.05 bits per heavy atom. The number of rotatable bonds is 8. The molecule has 1 aliphatic rings. The Balaban J connectivity index is 2.11. The molecule has 0 spiro atoms. The van der Waals surface area contributed by atoms with Crippen molar-refractivity contribution in [3.63, 3.8) is 0 Å². The summed E-state index contributed by atoms with van der Waals surface area (Å²) in [4.78, 5) is 0. The molecular weight excluding hydrogens is 254 g/mol. The molecule has 1 fully saturated rings. The van der Waals surface area contributed by atoms with Crippen LogP contribution in [0.25, 0.3) is 0 Å². The van der Waals surface area contributed by atoms with Crippen LogP contribution in [0.1, 0.15) is 31.2 Å². The van der Waals surface area contributed by atoms with E-state index in [1.165, 1.54) is 18.4 Å². The van der Waals surface area contributed by atoms with Crippen LogP contribution in [0.3, 0.4) is 0 Å². The molecule has 0 bridgehead atoms. The lowest BCUT2D eigenvalue weighted by atomic mass is 10.1. The van der Waals surface area contributed by atoms with Gasteiger partial charge in [-0.3, -0.25) is 0 Å².